The third kappa shape index (κ3) is 5.83. The molecule has 2 heterocycles. The highest BCUT2D eigenvalue weighted by Crippen LogP contribution is 2.33. The Labute approximate surface area is 211 Å². The second-order valence-corrected chi connectivity index (χ2v) is 12.4. The van der Waals surface area contributed by atoms with Crippen LogP contribution in [0.1, 0.15) is 42.4 Å². The van der Waals surface area contributed by atoms with E-state index < -0.39 is 31.9 Å². The molecule has 0 saturated carbocycles. The Bertz CT molecular complexity index is 1560. The Morgan fingerprint density at radius 2 is 1.69 bits per heavy atom. The number of carbonyl (C=O) groups is 2. The van der Waals surface area contributed by atoms with Crippen LogP contribution >= 0.6 is 22.9 Å². The molecule has 0 radical (unpaired) electrons. The van der Waals surface area contributed by atoms with Crippen LogP contribution in [0.25, 0.3) is 0 Å². The van der Waals surface area contributed by atoms with Gasteiger partial charge in [0.15, 0.2) is 0 Å². The van der Waals surface area contributed by atoms with Gasteiger partial charge in [-0.05, 0) is 55.8 Å². The van der Waals surface area contributed by atoms with Gasteiger partial charge >= 0.3 is 0 Å². The van der Waals surface area contributed by atoms with Gasteiger partial charge in [0.25, 0.3) is 27.7 Å². The molecule has 0 saturated heterocycles. The van der Waals surface area contributed by atoms with E-state index in [0.29, 0.717) is 11.1 Å². The van der Waals surface area contributed by atoms with Crippen LogP contribution in [0.4, 0.5) is 11.6 Å². The Hall–Kier alpha value is -2.94. The molecule has 3 rings (SSSR count). The van der Waals surface area contributed by atoms with Crippen molar-refractivity contribution >= 4 is 66.4 Å². The number of aromatic nitrogens is 1. The van der Waals surface area contributed by atoms with Crippen LogP contribution in [-0.2, 0) is 20.0 Å². The quantitative estimate of drug-likeness (QED) is 0.395. The molecular weight excluding hydrogens is 540 g/mol. The summed E-state index contributed by atoms with van der Waals surface area (Å²) in [5.41, 5.74) is 1.63. The summed E-state index contributed by atoms with van der Waals surface area (Å²) in [6, 6.07) is 3.09. The summed E-state index contributed by atoms with van der Waals surface area (Å²) < 4.78 is 58.3. The first-order valence-electron chi connectivity index (χ1n) is 9.78. The average Bonchev–Trinajstić information content (AvgIpc) is 3.26. The molecule has 0 bridgehead atoms. The lowest BCUT2D eigenvalue weighted by Crippen LogP contribution is -2.30. The molecule has 0 aliphatic rings. The van der Waals surface area contributed by atoms with E-state index in [1.54, 1.807) is 19.9 Å². The van der Waals surface area contributed by atoms with E-state index in [1.807, 2.05) is 4.72 Å². The lowest BCUT2D eigenvalue weighted by molar-refractivity contribution is 0.0982. The predicted octanol–water partition coefficient (Wildman–Crippen LogP) is 3.37. The minimum atomic E-state index is -4.32. The highest BCUT2D eigenvalue weighted by Gasteiger charge is 2.30. The maximum Gasteiger partial charge on any atom is 0.267 e. The van der Waals surface area contributed by atoms with E-state index in [0.717, 1.165) is 17.6 Å². The average molecular weight is 561 g/mol. The Morgan fingerprint density at radius 1 is 1.03 bits per heavy atom. The molecule has 3 N–H and O–H groups in total. The molecule has 0 aliphatic heterocycles. The van der Waals surface area contributed by atoms with Gasteiger partial charge in [-0.3, -0.25) is 9.59 Å². The molecule has 2 amide bonds. The third-order valence-electron chi connectivity index (χ3n) is 4.65. The van der Waals surface area contributed by atoms with Gasteiger partial charge in [-0.1, -0.05) is 22.8 Å². The van der Waals surface area contributed by atoms with Crippen LogP contribution in [0.15, 0.2) is 26.9 Å². The van der Waals surface area contributed by atoms with E-state index in [4.69, 9.17) is 16.1 Å². The van der Waals surface area contributed by atoms with Crippen LogP contribution in [0, 0.1) is 27.7 Å². The number of thiophene rings is 1. The highest BCUT2D eigenvalue weighted by atomic mass is 35.5. The third-order valence-corrected chi connectivity index (χ3v) is 8.40. The number of sulfonamides is 2. The molecule has 11 nitrogen and oxygen atoms in total. The zero-order valence-corrected chi connectivity index (χ0v) is 22.3. The SMILES string of the molecule is Cc1cc(C)c(NC(=O)c2scc(C)c2S(=O)(=O)Nc2onc(C)c2Cl)c(C(=O)NS(C)(=O)=O)c1. The summed E-state index contributed by atoms with van der Waals surface area (Å²) in [7, 11) is -8.19. The van der Waals surface area contributed by atoms with Gasteiger partial charge in [0.2, 0.25) is 10.0 Å². The van der Waals surface area contributed by atoms with Crippen molar-refractivity contribution in [2.45, 2.75) is 32.6 Å². The lowest BCUT2D eigenvalue weighted by atomic mass is 10.0. The Kier molecular flexibility index (Phi) is 7.32. The molecule has 0 atom stereocenters. The minimum Gasteiger partial charge on any atom is -0.336 e. The Balaban J connectivity index is 2.01. The second kappa shape index (κ2) is 9.60. The Morgan fingerprint density at radius 3 is 2.26 bits per heavy atom. The first-order valence-corrected chi connectivity index (χ1v) is 14.4. The monoisotopic (exact) mass is 560 g/mol. The van der Waals surface area contributed by atoms with Gasteiger partial charge in [-0.25, -0.2) is 26.3 Å². The van der Waals surface area contributed by atoms with Crippen molar-refractivity contribution in [3.8, 4) is 0 Å². The molecule has 2 aromatic heterocycles. The molecule has 35 heavy (non-hydrogen) atoms. The summed E-state index contributed by atoms with van der Waals surface area (Å²) in [5, 5.41) is 7.61. The number of carbonyl (C=O) groups excluding carboxylic acids is 2. The summed E-state index contributed by atoms with van der Waals surface area (Å²) >= 11 is 6.88. The zero-order valence-electron chi connectivity index (χ0n) is 19.1. The first kappa shape index (κ1) is 26.7. The standard InChI is InChI=1S/C20H21ClN4O7S3/c1-9-6-10(2)15(13(7-9)18(26)24-34(5,28)29)22-19(27)16-17(11(3)8-33-16)35(30,31)25-20-14(21)12(4)23-32-20/h6-8,25H,1-5H3,(H,22,27)(H,24,26). The highest BCUT2D eigenvalue weighted by molar-refractivity contribution is 7.93. The van der Waals surface area contributed by atoms with Crippen LogP contribution in [0.3, 0.4) is 0 Å². The van der Waals surface area contributed by atoms with Crippen molar-refractivity contribution in [1.82, 2.24) is 9.88 Å². The van der Waals surface area contributed by atoms with Crippen LogP contribution in [-0.4, -0.2) is 40.1 Å². The number of nitrogens with zero attached hydrogens (tertiary/aromatic N) is 1. The number of nitrogens with one attached hydrogen (secondary N) is 3. The van der Waals surface area contributed by atoms with Crippen LogP contribution in [0.5, 0.6) is 0 Å². The second-order valence-electron chi connectivity index (χ2n) is 7.76. The van der Waals surface area contributed by atoms with Crippen molar-refractivity contribution in [3.63, 3.8) is 0 Å². The van der Waals surface area contributed by atoms with E-state index in [9.17, 15) is 26.4 Å². The molecule has 0 aliphatic carbocycles. The van der Waals surface area contributed by atoms with Gasteiger partial charge in [0.1, 0.15) is 20.5 Å². The fourth-order valence-corrected chi connectivity index (χ4v) is 6.54. The first-order chi connectivity index (χ1) is 16.1. The maximum atomic E-state index is 13.2. The largest absolute Gasteiger partial charge is 0.336 e. The van der Waals surface area contributed by atoms with Crippen LogP contribution < -0.4 is 14.8 Å². The molecule has 0 fully saturated rings. The van der Waals surface area contributed by atoms with Crippen molar-refractivity contribution < 1.29 is 30.9 Å². The smallest absolute Gasteiger partial charge is 0.267 e. The zero-order chi connectivity index (χ0) is 26.3. The van der Waals surface area contributed by atoms with Crippen molar-refractivity contribution in [3.05, 3.63) is 55.4 Å². The number of hydrogen-bond donors (Lipinski definition) is 3. The number of aryl methyl sites for hydroxylation is 4. The lowest BCUT2D eigenvalue weighted by Gasteiger charge is -2.15. The van der Waals surface area contributed by atoms with E-state index in [1.165, 1.54) is 25.3 Å². The number of rotatable bonds is 7. The van der Waals surface area contributed by atoms with Gasteiger partial charge in [-0.2, -0.15) is 0 Å². The maximum absolute atomic E-state index is 13.2. The molecule has 15 heteroatoms. The van der Waals surface area contributed by atoms with E-state index >= 15 is 0 Å². The predicted molar refractivity (Wildman–Crippen MR) is 132 cm³/mol. The van der Waals surface area contributed by atoms with Crippen molar-refractivity contribution in [2.24, 2.45) is 0 Å². The fraction of sp³-hybridized carbons (Fsp3) is 0.250. The summed E-state index contributed by atoms with van der Waals surface area (Å²) in [6.45, 7) is 6.36. The number of halogens is 1. The fourth-order valence-electron chi connectivity index (χ4n) is 3.23. The van der Waals surface area contributed by atoms with Gasteiger partial charge in [0.05, 0.1) is 17.5 Å². The van der Waals surface area contributed by atoms with Gasteiger partial charge in [0, 0.05) is 0 Å². The van der Waals surface area contributed by atoms with E-state index in [2.05, 4.69) is 15.2 Å². The normalized spacial score (nSPS) is 11.8. The summed E-state index contributed by atoms with van der Waals surface area (Å²) in [4.78, 5) is 25.3. The molecule has 0 unspecified atom stereocenters. The molecule has 188 valence electrons. The van der Waals surface area contributed by atoms with Crippen LogP contribution in [0.2, 0.25) is 5.02 Å². The molecular formula is C20H21ClN4O7S3. The van der Waals surface area contributed by atoms with Gasteiger partial charge in [-0.15, -0.1) is 11.3 Å². The van der Waals surface area contributed by atoms with Crippen molar-refractivity contribution in [1.29, 1.82) is 0 Å². The van der Waals surface area contributed by atoms with E-state index in [-0.39, 0.29) is 43.2 Å². The topological polar surface area (TPSA) is 165 Å². The summed E-state index contributed by atoms with van der Waals surface area (Å²) in [6.07, 6.45) is 0.826. The van der Waals surface area contributed by atoms with Crippen molar-refractivity contribution in [2.75, 3.05) is 16.3 Å². The molecule has 0 spiro atoms. The molecule has 3 aromatic rings. The number of benzene rings is 1. The summed E-state index contributed by atoms with van der Waals surface area (Å²) in [5.74, 6) is -2.05. The molecule has 1 aromatic carbocycles. The number of anilines is 2. The minimum absolute atomic E-state index is 0.0238. The number of hydrogen-bond acceptors (Lipinski definition) is 9. The number of amides is 2. The van der Waals surface area contributed by atoms with Gasteiger partial charge < -0.3 is 9.84 Å².